The topological polar surface area (TPSA) is 56.7 Å². The summed E-state index contributed by atoms with van der Waals surface area (Å²) in [5.41, 5.74) is 5.90. The highest BCUT2D eigenvalue weighted by molar-refractivity contribution is 9.10. The van der Waals surface area contributed by atoms with Crippen molar-refractivity contribution in [1.82, 2.24) is 14.8 Å². The quantitative estimate of drug-likeness (QED) is 0.879. The molecule has 0 aliphatic heterocycles. The van der Waals surface area contributed by atoms with E-state index in [1.54, 1.807) is 12.1 Å². The van der Waals surface area contributed by atoms with Crippen molar-refractivity contribution < 1.29 is 4.39 Å². The molecule has 2 aromatic rings. The summed E-state index contributed by atoms with van der Waals surface area (Å²) in [5.74, 6) is -0.00372. The second-order valence-electron chi connectivity index (χ2n) is 3.37. The molecule has 0 bridgehead atoms. The lowest BCUT2D eigenvalue weighted by Crippen LogP contribution is -2.12. The van der Waals surface area contributed by atoms with Crippen molar-refractivity contribution in [2.75, 3.05) is 0 Å². The van der Waals surface area contributed by atoms with Gasteiger partial charge < -0.3 is 5.73 Å². The Balaban J connectivity index is 2.25. The maximum atomic E-state index is 13.5. The molecule has 4 nitrogen and oxygen atoms in total. The van der Waals surface area contributed by atoms with E-state index in [0.717, 1.165) is 4.47 Å². The van der Waals surface area contributed by atoms with Gasteiger partial charge in [0.1, 0.15) is 17.1 Å². The molecule has 0 saturated heterocycles. The van der Waals surface area contributed by atoms with E-state index in [0.29, 0.717) is 5.56 Å². The number of aromatic nitrogens is 3. The highest BCUT2D eigenvalue weighted by Crippen LogP contribution is 2.16. The summed E-state index contributed by atoms with van der Waals surface area (Å²) < 4.78 is 15.8. The second kappa shape index (κ2) is 4.89. The predicted octanol–water partition coefficient (Wildman–Crippen LogP) is 1.86. The van der Waals surface area contributed by atoms with Crippen LogP contribution in [0.5, 0.6) is 0 Å². The standard InChI is InChI=1S/C10H8BrFN4S/c11-7-1-2-8(12)6(3-7)4-16-5-14-10(15-16)9(13)17/h1-3,5H,4H2,(H2,13,17). The Kier molecular flexibility index (Phi) is 3.49. The summed E-state index contributed by atoms with van der Waals surface area (Å²) in [7, 11) is 0. The zero-order valence-electron chi connectivity index (χ0n) is 8.60. The van der Waals surface area contributed by atoms with Crippen LogP contribution in [0.25, 0.3) is 0 Å². The highest BCUT2D eigenvalue weighted by Gasteiger charge is 2.07. The van der Waals surface area contributed by atoms with E-state index in [4.69, 9.17) is 18.0 Å². The Labute approximate surface area is 111 Å². The van der Waals surface area contributed by atoms with Crippen molar-refractivity contribution >= 4 is 33.1 Å². The Morgan fingerprint density at radius 1 is 1.53 bits per heavy atom. The van der Waals surface area contributed by atoms with E-state index in [1.165, 1.54) is 17.1 Å². The molecule has 2 rings (SSSR count). The molecule has 0 aliphatic rings. The number of rotatable bonds is 3. The molecular formula is C10H8BrFN4S. The first kappa shape index (κ1) is 12.1. The van der Waals surface area contributed by atoms with Crippen LogP contribution in [-0.4, -0.2) is 19.8 Å². The fourth-order valence-electron chi connectivity index (χ4n) is 1.32. The zero-order chi connectivity index (χ0) is 12.4. The van der Waals surface area contributed by atoms with Crippen molar-refractivity contribution in [2.45, 2.75) is 6.54 Å². The van der Waals surface area contributed by atoms with Crippen LogP contribution in [0.15, 0.2) is 29.0 Å². The Morgan fingerprint density at radius 3 is 2.94 bits per heavy atom. The van der Waals surface area contributed by atoms with Gasteiger partial charge >= 0.3 is 0 Å². The SMILES string of the molecule is NC(=S)c1ncn(Cc2cc(Br)ccc2F)n1. The van der Waals surface area contributed by atoms with E-state index in [-0.39, 0.29) is 23.2 Å². The monoisotopic (exact) mass is 314 g/mol. The lowest BCUT2D eigenvalue weighted by molar-refractivity contribution is 0.584. The van der Waals surface area contributed by atoms with Crippen LogP contribution in [0, 0.1) is 5.82 Å². The largest absolute Gasteiger partial charge is 0.387 e. The van der Waals surface area contributed by atoms with E-state index in [2.05, 4.69) is 26.0 Å². The molecule has 88 valence electrons. The Hall–Kier alpha value is -1.34. The minimum atomic E-state index is -0.291. The van der Waals surface area contributed by atoms with Crippen molar-refractivity contribution in [3.8, 4) is 0 Å². The van der Waals surface area contributed by atoms with Crippen LogP contribution >= 0.6 is 28.1 Å². The van der Waals surface area contributed by atoms with Crippen molar-refractivity contribution in [3.63, 3.8) is 0 Å². The average molecular weight is 315 g/mol. The van der Waals surface area contributed by atoms with Crippen molar-refractivity contribution in [2.24, 2.45) is 5.73 Å². The molecule has 0 amide bonds. The molecule has 0 radical (unpaired) electrons. The van der Waals surface area contributed by atoms with Crippen molar-refractivity contribution in [1.29, 1.82) is 0 Å². The van der Waals surface area contributed by atoms with E-state index < -0.39 is 0 Å². The molecule has 0 fully saturated rings. The van der Waals surface area contributed by atoms with Gasteiger partial charge in [0.05, 0.1) is 6.54 Å². The first-order valence-corrected chi connectivity index (χ1v) is 5.89. The van der Waals surface area contributed by atoms with Crippen molar-refractivity contribution in [3.05, 3.63) is 46.2 Å². The Bertz CT molecular complexity index is 569. The van der Waals surface area contributed by atoms with Crippen LogP contribution in [0.3, 0.4) is 0 Å². The third kappa shape index (κ3) is 2.86. The molecule has 7 heteroatoms. The number of hydrogen-bond donors (Lipinski definition) is 1. The summed E-state index contributed by atoms with van der Waals surface area (Å²) in [6.45, 7) is 0.279. The van der Waals surface area contributed by atoms with Gasteiger partial charge in [-0.3, -0.25) is 0 Å². The molecule has 1 heterocycles. The summed E-state index contributed by atoms with van der Waals surface area (Å²) >= 11 is 8.03. The highest BCUT2D eigenvalue weighted by atomic mass is 79.9. The van der Waals surface area contributed by atoms with Gasteiger partial charge in [-0.05, 0) is 18.2 Å². The molecule has 17 heavy (non-hydrogen) atoms. The van der Waals surface area contributed by atoms with Gasteiger partial charge in [0.15, 0.2) is 0 Å². The van der Waals surface area contributed by atoms with E-state index >= 15 is 0 Å². The first-order chi connectivity index (χ1) is 8.06. The molecule has 0 spiro atoms. The van der Waals surface area contributed by atoms with Gasteiger partial charge in [-0.1, -0.05) is 28.1 Å². The number of thiocarbonyl (C=S) groups is 1. The van der Waals surface area contributed by atoms with Crippen LogP contribution in [0.1, 0.15) is 11.4 Å². The lowest BCUT2D eigenvalue weighted by Gasteiger charge is -2.03. The van der Waals surface area contributed by atoms with Gasteiger partial charge in [0.2, 0.25) is 5.82 Å². The smallest absolute Gasteiger partial charge is 0.208 e. The average Bonchev–Trinajstić information content (AvgIpc) is 2.72. The van der Waals surface area contributed by atoms with E-state index in [1.807, 2.05) is 0 Å². The normalized spacial score (nSPS) is 10.5. The Morgan fingerprint density at radius 2 is 2.29 bits per heavy atom. The minimum Gasteiger partial charge on any atom is -0.387 e. The first-order valence-electron chi connectivity index (χ1n) is 4.69. The van der Waals surface area contributed by atoms with Gasteiger partial charge in [-0.15, -0.1) is 5.10 Å². The number of hydrogen-bond acceptors (Lipinski definition) is 3. The molecule has 0 aliphatic carbocycles. The van der Waals surface area contributed by atoms with Crippen LogP contribution in [0.2, 0.25) is 0 Å². The molecular weight excluding hydrogens is 307 g/mol. The summed E-state index contributed by atoms with van der Waals surface area (Å²) in [6, 6.07) is 4.73. The molecule has 1 aromatic heterocycles. The fraction of sp³-hybridized carbons (Fsp3) is 0.100. The number of nitrogens with two attached hydrogens (primary N) is 1. The maximum absolute atomic E-state index is 13.5. The third-order valence-electron chi connectivity index (χ3n) is 2.10. The second-order valence-corrected chi connectivity index (χ2v) is 4.72. The minimum absolute atomic E-state index is 0.124. The van der Waals surface area contributed by atoms with Gasteiger partial charge in [0.25, 0.3) is 0 Å². The lowest BCUT2D eigenvalue weighted by atomic mass is 10.2. The number of nitrogens with zero attached hydrogens (tertiary/aromatic N) is 3. The maximum Gasteiger partial charge on any atom is 0.208 e. The number of benzene rings is 1. The molecule has 2 N–H and O–H groups in total. The molecule has 0 atom stereocenters. The van der Waals surface area contributed by atoms with Gasteiger partial charge in [-0.2, -0.15) is 0 Å². The van der Waals surface area contributed by atoms with Gasteiger partial charge in [0, 0.05) is 10.0 Å². The van der Waals surface area contributed by atoms with Gasteiger partial charge in [-0.25, -0.2) is 14.1 Å². The van der Waals surface area contributed by atoms with Crippen LogP contribution in [-0.2, 0) is 6.54 Å². The zero-order valence-corrected chi connectivity index (χ0v) is 11.0. The van der Waals surface area contributed by atoms with Crippen LogP contribution in [0.4, 0.5) is 4.39 Å². The molecule has 1 aromatic carbocycles. The van der Waals surface area contributed by atoms with Crippen LogP contribution < -0.4 is 5.73 Å². The third-order valence-corrected chi connectivity index (χ3v) is 2.77. The van der Waals surface area contributed by atoms with E-state index in [9.17, 15) is 4.39 Å². The predicted molar refractivity (Wildman–Crippen MR) is 69.1 cm³/mol. The summed E-state index contributed by atoms with van der Waals surface area (Å²) in [5, 5.41) is 4.03. The fourth-order valence-corrected chi connectivity index (χ4v) is 1.82. The molecule has 0 saturated carbocycles. The number of halogens is 2. The summed E-state index contributed by atoms with van der Waals surface area (Å²) in [6.07, 6.45) is 1.47. The molecule has 0 unspecified atom stereocenters. The summed E-state index contributed by atoms with van der Waals surface area (Å²) in [4.78, 5) is 4.04.